The molecule has 2 aromatic heterocycles. The van der Waals surface area contributed by atoms with Crippen molar-refractivity contribution in [2.45, 2.75) is 36.9 Å². The molecule has 0 saturated carbocycles. The zero-order valence-electron chi connectivity index (χ0n) is 19.9. The first-order valence-electron chi connectivity index (χ1n) is 11.2. The average molecular weight is 531 g/mol. The second-order valence-corrected chi connectivity index (χ2v) is 10.1. The number of nitrogens with two attached hydrogens (primary N) is 1. The molecule has 1 fully saturated rings. The normalized spacial score (nSPS) is 25.8. The van der Waals surface area contributed by atoms with Gasteiger partial charge in [-0.15, -0.1) is 0 Å². The molecule has 1 saturated heterocycles. The second kappa shape index (κ2) is 10.5. The van der Waals surface area contributed by atoms with Gasteiger partial charge in [0.1, 0.15) is 42.8 Å². The van der Waals surface area contributed by atoms with Crippen molar-refractivity contribution in [2.24, 2.45) is 0 Å². The maximum atomic E-state index is 13.6. The average Bonchev–Trinajstić information content (AvgIpc) is 3.43. The van der Waals surface area contributed by atoms with Gasteiger partial charge in [0.2, 0.25) is 5.60 Å². The number of nitriles is 1. The number of carbonyl (C=O) groups excluding carboxylic acids is 1. The molecule has 6 atom stereocenters. The van der Waals surface area contributed by atoms with Crippen molar-refractivity contribution in [3.05, 3.63) is 60.4 Å². The molecule has 5 N–H and O–H groups in total. The summed E-state index contributed by atoms with van der Waals surface area (Å²) in [6.45, 7) is 0.593. The van der Waals surface area contributed by atoms with E-state index in [9.17, 15) is 24.8 Å². The fourth-order valence-corrected chi connectivity index (χ4v) is 5.44. The van der Waals surface area contributed by atoms with Crippen molar-refractivity contribution in [1.29, 1.82) is 5.26 Å². The van der Waals surface area contributed by atoms with E-state index in [4.69, 9.17) is 19.5 Å². The number of carbonyl (C=O) groups is 1. The minimum atomic E-state index is -4.35. The van der Waals surface area contributed by atoms with Gasteiger partial charge in [0.05, 0.1) is 24.0 Å². The number of nitrogens with one attached hydrogen (secondary N) is 1. The first kappa shape index (κ1) is 26.6. The Hall–Kier alpha value is -3.50. The number of hydrogen-bond acceptors (Lipinski definition) is 11. The number of aliphatic hydroxyl groups is 2. The van der Waals surface area contributed by atoms with E-state index in [1.165, 1.54) is 29.8 Å². The molecule has 4 rings (SSSR count). The van der Waals surface area contributed by atoms with Crippen LogP contribution in [0.15, 0.2) is 54.7 Å². The van der Waals surface area contributed by atoms with Gasteiger partial charge in [-0.25, -0.2) is 9.08 Å². The number of hydrogen-bond donors (Lipinski definition) is 4. The molecule has 196 valence electrons. The number of nitrogens with zero attached hydrogens (tertiary/aromatic N) is 3. The van der Waals surface area contributed by atoms with Crippen LogP contribution in [0.1, 0.15) is 18.7 Å². The van der Waals surface area contributed by atoms with Crippen LogP contribution >= 0.6 is 7.75 Å². The molecule has 0 aliphatic carbocycles. The number of nitrogen functional groups attached to an aromatic ring is 1. The molecule has 0 radical (unpaired) electrons. The monoisotopic (exact) mass is 531 g/mol. The maximum Gasteiger partial charge on any atom is 0.459 e. The number of esters is 1. The summed E-state index contributed by atoms with van der Waals surface area (Å²) in [6, 6.07) is 13.6. The van der Waals surface area contributed by atoms with Gasteiger partial charge in [-0.2, -0.15) is 15.4 Å². The summed E-state index contributed by atoms with van der Waals surface area (Å²) in [6.07, 6.45) is -3.08. The third kappa shape index (κ3) is 5.17. The van der Waals surface area contributed by atoms with Crippen LogP contribution in [-0.4, -0.2) is 63.4 Å². The summed E-state index contributed by atoms with van der Waals surface area (Å²) in [5, 5.41) is 38.3. The minimum Gasteiger partial charge on any atom is -0.468 e. The van der Waals surface area contributed by atoms with Crippen molar-refractivity contribution < 1.29 is 38.1 Å². The van der Waals surface area contributed by atoms with Crippen LogP contribution in [0.3, 0.4) is 0 Å². The molecule has 1 aliphatic rings. The fourth-order valence-electron chi connectivity index (χ4n) is 3.92. The highest BCUT2D eigenvalue weighted by Crippen LogP contribution is 2.48. The number of fused-ring (bicyclic) bond motifs is 1. The van der Waals surface area contributed by atoms with Crippen LogP contribution in [0.25, 0.3) is 5.52 Å². The van der Waals surface area contributed by atoms with Gasteiger partial charge in [-0.05, 0) is 37.3 Å². The Labute approximate surface area is 211 Å². The van der Waals surface area contributed by atoms with Crippen LogP contribution in [0.2, 0.25) is 0 Å². The minimum absolute atomic E-state index is 0.149. The molecule has 1 unspecified atom stereocenters. The lowest BCUT2D eigenvalue weighted by molar-refractivity contribution is -0.142. The van der Waals surface area contributed by atoms with E-state index in [0.717, 1.165) is 7.11 Å². The smallest absolute Gasteiger partial charge is 0.459 e. The maximum absolute atomic E-state index is 13.6. The summed E-state index contributed by atoms with van der Waals surface area (Å²) in [4.78, 5) is 11.9. The number of aliphatic hydroxyl groups excluding tert-OH is 2. The predicted molar refractivity (Wildman–Crippen MR) is 129 cm³/mol. The highest BCUT2D eigenvalue weighted by molar-refractivity contribution is 7.52. The number of rotatable bonds is 9. The van der Waals surface area contributed by atoms with Gasteiger partial charge < -0.3 is 29.9 Å². The largest absolute Gasteiger partial charge is 0.468 e. The molecule has 14 heteroatoms. The van der Waals surface area contributed by atoms with Crippen molar-refractivity contribution in [3.63, 3.8) is 0 Å². The molecule has 0 bridgehead atoms. The highest BCUT2D eigenvalue weighted by atomic mass is 31.2. The number of benzene rings is 1. The molecular formula is C23H26N5O8P. The van der Waals surface area contributed by atoms with E-state index < -0.39 is 50.3 Å². The Morgan fingerprint density at radius 1 is 1.32 bits per heavy atom. The van der Waals surface area contributed by atoms with Gasteiger partial charge in [0.25, 0.3) is 0 Å². The second-order valence-electron chi connectivity index (χ2n) is 8.37. The van der Waals surface area contributed by atoms with Crippen molar-refractivity contribution in [1.82, 2.24) is 14.7 Å². The van der Waals surface area contributed by atoms with E-state index in [1.54, 1.807) is 36.4 Å². The van der Waals surface area contributed by atoms with Gasteiger partial charge in [0.15, 0.2) is 0 Å². The lowest BCUT2D eigenvalue weighted by atomic mass is 9.96. The Balaban J connectivity index is 1.60. The molecule has 1 aromatic carbocycles. The third-order valence-electron chi connectivity index (χ3n) is 5.87. The van der Waals surface area contributed by atoms with Crippen molar-refractivity contribution in [3.8, 4) is 11.8 Å². The lowest BCUT2D eigenvalue weighted by Gasteiger charge is -2.28. The Bertz CT molecular complexity index is 1360. The SMILES string of the molecule is COC(=O)[C@H](C)NP(=O)(OC[C@@]1(C#N)O[C@@H](c2ccc3c(N)ccnn23)[C@H](O)[C@@H]1O)Oc1ccccc1. The molecule has 13 nitrogen and oxygen atoms in total. The Kier molecular flexibility index (Phi) is 7.52. The van der Waals surface area contributed by atoms with E-state index in [0.29, 0.717) is 16.9 Å². The highest BCUT2D eigenvalue weighted by Gasteiger charge is 2.57. The van der Waals surface area contributed by atoms with Gasteiger partial charge in [-0.3, -0.25) is 9.32 Å². The summed E-state index contributed by atoms with van der Waals surface area (Å²) in [7, 11) is -3.19. The van der Waals surface area contributed by atoms with Crippen molar-refractivity contribution in [2.75, 3.05) is 19.5 Å². The van der Waals surface area contributed by atoms with E-state index in [2.05, 4.69) is 14.9 Å². The summed E-state index contributed by atoms with van der Waals surface area (Å²) >= 11 is 0. The quantitative estimate of drug-likeness (QED) is 0.229. The predicted octanol–water partition coefficient (Wildman–Crippen LogP) is 1.33. The van der Waals surface area contributed by atoms with Gasteiger partial charge >= 0.3 is 13.7 Å². The summed E-state index contributed by atoms with van der Waals surface area (Å²) in [5.41, 5.74) is 5.10. The van der Waals surface area contributed by atoms with Gasteiger partial charge in [-0.1, -0.05) is 18.2 Å². The molecule has 1 aliphatic heterocycles. The van der Waals surface area contributed by atoms with Crippen LogP contribution in [0, 0.1) is 11.3 Å². The Morgan fingerprint density at radius 3 is 2.73 bits per heavy atom. The number of ether oxygens (including phenoxy) is 2. The van der Waals surface area contributed by atoms with Crippen LogP contribution in [0.4, 0.5) is 5.69 Å². The van der Waals surface area contributed by atoms with E-state index >= 15 is 0 Å². The number of methoxy groups -OCH3 is 1. The molecular weight excluding hydrogens is 505 g/mol. The Morgan fingerprint density at radius 2 is 2.05 bits per heavy atom. The standard InChI is InChI=1S/C23H26N5O8P/c1-14(22(31)33-2)27-37(32,36-15-6-4-3-5-7-15)34-13-23(12-24)21(30)19(29)20(35-23)18-9-8-17-16(25)10-11-26-28(17)18/h3-11,14,19-21,29-30H,13,25H2,1-2H3,(H,27,32)/t14-,19-,20-,21-,23+,37?/m0/s1. The van der Waals surface area contributed by atoms with Crippen LogP contribution in [0.5, 0.6) is 5.75 Å². The first-order chi connectivity index (χ1) is 17.6. The third-order valence-corrected chi connectivity index (χ3v) is 7.49. The molecule has 0 spiro atoms. The molecule has 3 aromatic rings. The lowest BCUT2D eigenvalue weighted by Crippen LogP contribution is -2.46. The zero-order chi connectivity index (χ0) is 26.8. The molecule has 37 heavy (non-hydrogen) atoms. The topological polar surface area (TPSA) is 191 Å². The molecule has 3 heterocycles. The zero-order valence-corrected chi connectivity index (χ0v) is 20.8. The number of anilines is 1. The summed E-state index contributed by atoms with van der Waals surface area (Å²) < 4.78 is 36.6. The first-order valence-corrected chi connectivity index (χ1v) is 12.7. The fraction of sp³-hybridized carbons (Fsp3) is 0.348. The number of para-hydroxylation sites is 1. The van der Waals surface area contributed by atoms with Crippen LogP contribution < -0.4 is 15.3 Å². The van der Waals surface area contributed by atoms with Gasteiger partial charge in [0, 0.05) is 6.20 Å². The number of aromatic nitrogens is 2. The van der Waals surface area contributed by atoms with Crippen LogP contribution in [-0.2, 0) is 23.4 Å². The van der Waals surface area contributed by atoms with Crippen molar-refractivity contribution >= 4 is 24.9 Å². The summed E-state index contributed by atoms with van der Waals surface area (Å²) in [5.74, 6) is -0.592. The van der Waals surface area contributed by atoms with E-state index in [1.807, 2.05) is 6.07 Å². The molecule has 0 amide bonds. The van der Waals surface area contributed by atoms with E-state index in [-0.39, 0.29) is 5.75 Å².